The summed E-state index contributed by atoms with van der Waals surface area (Å²) in [5.41, 5.74) is 10.7. The first-order valence-electron chi connectivity index (χ1n) is 7.96. The van der Waals surface area contributed by atoms with Gasteiger partial charge in [-0.15, -0.1) is 0 Å². The van der Waals surface area contributed by atoms with Crippen LogP contribution in [-0.2, 0) is 14.8 Å². The molecule has 1 rings (SSSR count). The quantitative estimate of drug-likeness (QED) is 0.394. The zero-order chi connectivity index (χ0) is 18.9. The van der Waals surface area contributed by atoms with Gasteiger partial charge in [-0.3, -0.25) is 4.79 Å². The summed E-state index contributed by atoms with van der Waals surface area (Å²) in [5, 5.41) is 4.99. The molecule has 0 fully saturated rings. The molecule has 1 aromatic rings. The summed E-state index contributed by atoms with van der Waals surface area (Å²) < 4.78 is 26.5. The Morgan fingerprint density at radius 2 is 2.00 bits per heavy atom. The summed E-state index contributed by atoms with van der Waals surface area (Å²) in [5.74, 6) is -0.461. The molecule has 3 amide bonds. The van der Waals surface area contributed by atoms with Gasteiger partial charge >= 0.3 is 6.03 Å². The van der Waals surface area contributed by atoms with Gasteiger partial charge in [0.05, 0.1) is 4.90 Å². The van der Waals surface area contributed by atoms with Crippen LogP contribution in [0.1, 0.15) is 26.2 Å². The van der Waals surface area contributed by atoms with Crippen molar-refractivity contribution in [1.29, 1.82) is 0 Å². The van der Waals surface area contributed by atoms with Gasteiger partial charge in [0.25, 0.3) is 0 Å². The lowest BCUT2D eigenvalue weighted by Crippen LogP contribution is -2.46. The Morgan fingerprint density at radius 3 is 2.60 bits per heavy atom. The van der Waals surface area contributed by atoms with Crippen molar-refractivity contribution in [3.05, 3.63) is 24.3 Å². The van der Waals surface area contributed by atoms with Crippen LogP contribution in [0.25, 0.3) is 0 Å². The zero-order valence-electron chi connectivity index (χ0n) is 14.1. The second-order valence-corrected chi connectivity index (χ2v) is 7.17. The number of carbonyl (C=O) groups is 2. The standard InChI is InChI=1S/C15H25N5O4S/c1-2-3-7-13(20-15(17)22)14(21)19-11-5-4-6-12(10-11)25(23,24)18-9-8-16/h4-6,10,13,18H,2-3,7-9,16H2,1H3,(H,19,21)(H3,17,20,22). The minimum Gasteiger partial charge on any atom is -0.352 e. The lowest BCUT2D eigenvalue weighted by Gasteiger charge is -2.17. The molecule has 0 radical (unpaired) electrons. The number of hydrogen-bond acceptors (Lipinski definition) is 5. The fourth-order valence-corrected chi connectivity index (χ4v) is 3.19. The number of primary amides is 1. The van der Waals surface area contributed by atoms with Crippen LogP contribution in [0, 0.1) is 0 Å². The predicted molar refractivity (Wildman–Crippen MR) is 95.3 cm³/mol. The van der Waals surface area contributed by atoms with Crippen LogP contribution < -0.4 is 26.8 Å². The molecule has 0 aromatic heterocycles. The molecule has 0 saturated carbocycles. The molecular formula is C15H25N5O4S. The Bertz CT molecular complexity index is 693. The molecule has 0 aliphatic heterocycles. The lowest BCUT2D eigenvalue weighted by atomic mass is 10.1. The third-order valence-electron chi connectivity index (χ3n) is 3.33. The highest BCUT2D eigenvalue weighted by molar-refractivity contribution is 7.89. The second kappa shape index (κ2) is 9.97. The van der Waals surface area contributed by atoms with Crippen LogP contribution >= 0.6 is 0 Å². The van der Waals surface area contributed by atoms with Crippen molar-refractivity contribution in [2.45, 2.75) is 37.1 Å². The van der Waals surface area contributed by atoms with Crippen LogP contribution in [0.2, 0.25) is 0 Å². The fourth-order valence-electron chi connectivity index (χ4n) is 2.10. The maximum atomic E-state index is 12.3. The first kappa shape index (κ1) is 20.9. The molecule has 9 nitrogen and oxygen atoms in total. The average molecular weight is 371 g/mol. The Balaban J connectivity index is 2.88. The van der Waals surface area contributed by atoms with Crippen molar-refractivity contribution in [2.75, 3.05) is 18.4 Å². The van der Waals surface area contributed by atoms with Crippen molar-refractivity contribution >= 4 is 27.6 Å². The first-order chi connectivity index (χ1) is 11.8. The number of unbranched alkanes of at least 4 members (excludes halogenated alkanes) is 1. The highest BCUT2D eigenvalue weighted by atomic mass is 32.2. The predicted octanol–water partition coefficient (Wildman–Crippen LogP) is 0.0892. The molecule has 1 unspecified atom stereocenters. The maximum absolute atomic E-state index is 12.3. The van der Waals surface area contributed by atoms with Crippen LogP contribution in [0.15, 0.2) is 29.2 Å². The van der Waals surface area contributed by atoms with Crippen LogP contribution in [0.5, 0.6) is 0 Å². The van der Waals surface area contributed by atoms with Crippen molar-refractivity contribution in [1.82, 2.24) is 10.0 Å². The van der Waals surface area contributed by atoms with Gasteiger partial charge in [-0.2, -0.15) is 0 Å². The number of sulfonamides is 1. The van der Waals surface area contributed by atoms with E-state index in [1.165, 1.54) is 18.2 Å². The molecular weight excluding hydrogens is 346 g/mol. The van der Waals surface area contributed by atoms with Crippen molar-refractivity contribution < 1.29 is 18.0 Å². The van der Waals surface area contributed by atoms with Gasteiger partial charge in [-0.25, -0.2) is 17.9 Å². The zero-order valence-corrected chi connectivity index (χ0v) is 14.9. The van der Waals surface area contributed by atoms with E-state index < -0.39 is 28.0 Å². The maximum Gasteiger partial charge on any atom is 0.312 e. The average Bonchev–Trinajstić information content (AvgIpc) is 2.56. The Morgan fingerprint density at radius 1 is 1.28 bits per heavy atom. The van der Waals surface area contributed by atoms with Gasteiger partial charge in [-0.1, -0.05) is 25.8 Å². The van der Waals surface area contributed by atoms with E-state index in [9.17, 15) is 18.0 Å². The lowest BCUT2D eigenvalue weighted by molar-refractivity contribution is -0.118. The topological polar surface area (TPSA) is 156 Å². The highest BCUT2D eigenvalue weighted by Gasteiger charge is 2.20. The number of benzene rings is 1. The van der Waals surface area contributed by atoms with E-state index in [0.717, 1.165) is 12.8 Å². The molecule has 0 saturated heterocycles. The molecule has 7 N–H and O–H groups in total. The van der Waals surface area contributed by atoms with Gasteiger partial charge in [0.1, 0.15) is 6.04 Å². The van der Waals surface area contributed by atoms with E-state index in [1.54, 1.807) is 6.07 Å². The Hall–Kier alpha value is -2.17. The second-order valence-electron chi connectivity index (χ2n) is 5.41. The van der Waals surface area contributed by atoms with Crippen LogP contribution in [0.3, 0.4) is 0 Å². The Kier molecular flexibility index (Phi) is 8.32. The molecule has 0 heterocycles. The Labute approximate surface area is 147 Å². The number of nitrogens with two attached hydrogens (primary N) is 2. The van der Waals surface area contributed by atoms with Gasteiger partial charge in [0.15, 0.2) is 0 Å². The molecule has 10 heteroatoms. The number of urea groups is 1. The van der Waals surface area contributed by atoms with Gasteiger partial charge in [0.2, 0.25) is 15.9 Å². The smallest absolute Gasteiger partial charge is 0.312 e. The molecule has 1 atom stereocenters. The van der Waals surface area contributed by atoms with E-state index in [2.05, 4.69) is 15.4 Å². The summed E-state index contributed by atoms with van der Waals surface area (Å²) in [6.45, 7) is 2.25. The van der Waals surface area contributed by atoms with Crippen molar-refractivity contribution in [2.24, 2.45) is 11.5 Å². The molecule has 0 spiro atoms. The summed E-state index contributed by atoms with van der Waals surface area (Å²) in [7, 11) is -3.71. The molecule has 140 valence electrons. The third-order valence-corrected chi connectivity index (χ3v) is 4.79. The summed E-state index contributed by atoms with van der Waals surface area (Å²) >= 11 is 0. The van der Waals surface area contributed by atoms with Crippen LogP contribution in [0.4, 0.5) is 10.5 Å². The number of amides is 3. The van der Waals surface area contributed by atoms with Crippen LogP contribution in [-0.4, -0.2) is 39.5 Å². The van der Waals surface area contributed by atoms with E-state index in [-0.39, 0.29) is 18.0 Å². The van der Waals surface area contributed by atoms with Gasteiger partial charge in [0, 0.05) is 18.8 Å². The molecule has 0 bridgehead atoms. The fraction of sp³-hybridized carbons (Fsp3) is 0.467. The van der Waals surface area contributed by atoms with E-state index in [1.807, 2.05) is 6.92 Å². The number of rotatable bonds is 10. The summed E-state index contributed by atoms with van der Waals surface area (Å²) in [6, 6.07) is 4.23. The van der Waals surface area contributed by atoms with E-state index in [0.29, 0.717) is 12.1 Å². The molecule has 0 aliphatic rings. The first-order valence-corrected chi connectivity index (χ1v) is 9.45. The van der Waals surface area contributed by atoms with E-state index in [4.69, 9.17) is 11.5 Å². The minimum absolute atomic E-state index is 0.00622. The van der Waals surface area contributed by atoms with E-state index >= 15 is 0 Å². The minimum atomic E-state index is -3.71. The van der Waals surface area contributed by atoms with Crippen molar-refractivity contribution in [3.8, 4) is 0 Å². The molecule has 1 aromatic carbocycles. The number of carbonyl (C=O) groups excluding carboxylic acids is 2. The summed E-state index contributed by atoms with van der Waals surface area (Å²) in [6.07, 6.45) is 2.02. The molecule has 0 aliphatic carbocycles. The number of nitrogens with one attached hydrogen (secondary N) is 3. The largest absolute Gasteiger partial charge is 0.352 e. The monoisotopic (exact) mass is 371 g/mol. The number of anilines is 1. The molecule has 25 heavy (non-hydrogen) atoms. The number of hydrogen-bond donors (Lipinski definition) is 5. The SMILES string of the molecule is CCCCC(NC(N)=O)C(=O)Nc1cccc(S(=O)(=O)NCCN)c1. The normalized spacial score (nSPS) is 12.4. The highest BCUT2D eigenvalue weighted by Crippen LogP contribution is 2.16. The van der Waals surface area contributed by atoms with Crippen molar-refractivity contribution in [3.63, 3.8) is 0 Å². The third kappa shape index (κ3) is 7.08. The van der Waals surface area contributed by atoms with Gasteiger partial charge < -0.3 is 22.1 Å². The van der Waals surface area contributed by atoms with Gasteiger partial charge in [-0.05, 0) is 24.6 Å². The summed E-state index contributed by atoms with van der Waals surface area (Å²) in [4.78, 5) is 23.4.